The maximum absolute atomic E-state index is 5.07. The summed E-state index contributed by atoms with van der Waals surface area (Å²) < 4.78 is 0. The van der Waals surface area contributed by atoms with Gasteiger partial charge in [0, 0.05) is 0 Å². The minimum absolute atomic E-state index is 0.841. The standard InChI is InChI=1S/C10H11O2/c1-2-7-10-9(5-1)6-3-4-8-11-12-10/h1-2,5,7-8H,3-4,6H2. The van der Waals surface area contributed by atoms with Gasteiger partial charge in [0.15, 0.2) is 5.75 Å². The molecule has 63 valence electrons. The molecule has 1 aliphatic rings. The van der Waals surface area contributed by atoms with Crippen LogP contribution in [0.3, 0.4) is 0 Å². The first-order chi connectivity index (χ1) is 5.97. The van der Waals surface area contributed by atoms with Gasteiger partial charge in [-0.2, -0.15) is 4.89 Å². The topological polar surface area (TPSA) is 18.5 Å². The summed E-state index contributed by atoms with van der Waals surface area (Å²) in [6.07, 6.45) is 3.14. The summed E-state index contributed by atoms with van der Waals surface area (Å²) in [5, 5.41) is 0. The quantitative estimate of drug-likeness (QED) is 0.547. The van der Waals surface area contributed by atoms with Gasteiger partial charge in [0.05, 0.1) is 0 Å². The maximum atomic E-state index is 5.07. The molecule has 0 aromatic heterocycles. The first-order valence-corrected chi connectivity index (χ1v) is 4.20. The molecule has 0 N–H and O–H groups in total. The van der Waals surface area contributed by atoms with E-state index in [1.807, 2.05) is 18.2 Å². The molecule has 0 unspecified atom stereocenters. The molecule has 0 fully saturated rings. The van der Waals surface area contributed by atoms with Gasteiger partial charge < -0.3 is 4.89 Å². The second-order valence-electron chi connectivity index (χ2n) is 2.85. The minimum atomic E-state index is 0.841. The molecule has 1 aromatic carbocycles. The van der Waals surface area contributed by atoms with Gasteiger partial charge in [-0.1, -0.05) is 18.2 Å². The van der Waals surface area contributed by atoms with Gasteiger partial charge in [0.2, 0.25) is 0 Å². The molecule has 12 heavy (non-hydrogen) atoms. The number of benzene rings is 1. The number of rotatable bonds is 0. The van der Waals surface area contributed by atoms with Crippen LogP contribution in [0.25, 0.3) is 0 Å². The van der Waals surface area contributed by atoms with Crippen LogP contribution in [0.4, 0.5) is 0 Å². The first-order valence-electron chi connectivity index (χ1n) is 4.20. The van der Waals surface area contributed by atoms with E-state index in [1.54, 1.807) is 6.61 Å². The third-order valence-corrected chi connectivity index (χ3v) is 1.95. The Morgan fingerprint density at radius 2 is 2.08 bits per heavy atom. The molecule has 2 nitrogen and oxygen atoms in total. The molecule has 0 aliphatic carbocycles. The van der Waals surface area contributed by atoms with E-state index < -0.39 is 0 Å². The molecular weight excluding hydrogens is 152 g/mol. The second-order valence-corrected chi connectivity index (χ2v) is 2.85. The van der Waals surface area contributed by atoms with Gasteiger partial charge >= 0.3 is 0 Å². The Balaban J connectivity index is 2.24. The van der Waals surface area contributed by atoms with Crippen molar-refractivity contribution in [3.05, 3.63) is 36.4 Å². The van der Waals surface area contributed by atoms with Crippen LogP contribution in [0.2, 0.25) is 0 Å². The maximum Gasteiger partial charge on any atom is 0.168 e. The zero-order valence-electron chi connectivity index (χ0n) is 6.82. The van der Waals surface area contributed by atoms with Crippen molar-refractivity contribution in [1.29, 1.82) is 0 Å². The van der Waals surface area contributed by atoms with Crippen LogP contribution in [0, 0.1) is 6.61 Å². The van der Waals surface area contributed by atoms with Crippen LogP contribution < -0.4 is 4.89 Å². The van der Waals surface area contributed by atoms with E-state index in [-0.39, 0.29) is 0 Å². The smallest absolute Gasteiger partial charge is 0.168 e. The van der Waals surface area contributed by atoms with E-state index in [4.69, 9.17) is 9.78 Å². The van der Waals surface area contributed by atoms with Crippen molar-refractivity contribution in [3.63, 3.8) is 0 Å². The summed E-state index contributed by atoms with van der Waals surface area (Å²) in [6.45, 7) is 1.70. The van der Waals surface area contributed by atoms with Crippen LogP contribution in [-0.2, 0) is 11.3 Å². The average molecular weight is 163 g/mol. The highest BCUT2D eigenvalue weighted by molar-refractivity contribution is 5.33. The van der Waals surface area contributed by atoms with Crippen molar-refractivity contribution in [3.8, 4) is 5.75 Å². The minimum Gasteiger partial charge on any atom is -0.337 e. The van der Waals surface area contributed by atoms with E-state index >= 15 is 0 Å². The van der Waals surface area contributed by atoms with Crippen molar-refractivity contribution in [1.82, 2.24) is 0 Å². The highest BCUT2D eigenvalue weighted by Crippen LogP contribution is 2.22. The molecule has 1 aromatic rings. The third kappa shape index (κ3) is 1.59. The fourth-order valence-corrected chi connectivity index (χ4v) is 1.30. The summed E-state index contributed by atoms with van der Waals surface area (Å²) in [4.78, 5) is 9.95. The summed E-state index contributed by atoms with van der Waals surface area (Å²) in [7, 11) is 0. The van der Waals surface area contributed by atoms with Gasteiger partial charge in [-0.05, 0) is 30.9 Å². The summed E-state index contributed by atoms with van der Waals surface area (Å²) in [5.41, 5.74) is 1.23. The van der Waals surface area contributed by atoms with Crippen molar-refractivity contribution in [2.24, 2.45) is 0 Å². The summed E-state index contributed by atoms with van der Waals surface area (Å²) in [6, 6.07) is 7.97. The van der Waals surface area contributed by atoms with Crippen molar-refractivity contribution in [2.75, 3.05) is 0 Å². The van der Waals surface area contributed by atoms with Crippen LogP contribution in [0.15, 0.2) is 24.3 Å². The molecular formula is C10H11O2. The van der Waals surface area contributed by atoms with Crippen LogP contribution in [-0.4, -0.2) is 0 Å². The normalized spacial score (nSPS) is 17.0. The lowest BCUT2D eigenvalue weighted by atomic mass is 10.1. The highest BCUT2D eigenvalue weighted by atomic mass is 17.2. The second kappa shape index (κ2) is 3.59. The average Bonchev–Trinajstić information content (AvgIpc) is 2.06. The number of hydrogen-bond acceptors (Lipinski definition) is 2. The molecule has 0 atom stereocenters. The molecule has 0 amide bonds. The lowest BCUT2D eigenvalue weighted by Crippen LogP contribution is -2.02. The van der Waals surface area contributed by atoms with E-state index in [9.17, 15) is 0 Å². The van der Waals surface area contributed by atoms with Gasteiger partial charge in [0.25, 0.3) is 0 Å². The van der Waals surface area contributed by atoms with Crippen molar-refractivity contribution < 1.29 is 9.78 Å². The van der Waals surface area contributed by atoms with Gasteiger partial charge in [-0.15, -0.1) is 0 Å². The zero-order valence-corrected chi connectivity index (χ0v) is 6.82. The molecule has 1 radical (unpaired) electrons. The molecule has 0 saturated heterocycles. The zero-order chi connectivity index (χ0) is 8.23. The molecule has 2 heteroatoms. The molecule has 1 aliphatic heterocycles. The number of aryl methyl sites for hydroxylation is 1. The van der Waals surface area contributed by atoms with E-state index in [0.29, 0.717) is 0 Å². The lowest BCUT2D eigenvalue weighted by molar-refractivity contribution is -0.177. The SMILES string of the molecule is [CH]1CCCc2ccccc2OO1. The Morgan fingerprint density at radius 3 is 3.08 bits per heavy atom. The number of hydrogen-bond donors (Lipinski definition) is 0. The van der Waals surface area contributed by atoms with E-state index in [2.05, 4.69) is 6.07 Å². The van der Waals surface area contributed by atoms with Gasteiger partial charge in [-0.25, -0.2) is 0 Å². The van der Waals surface area contributed by atoms with Crippen LogP contribution >= 0.6 is 0 Å². The molecule has 0 saturated carbocycles. The van der Waals surface area contributed by atoms with Crippen LogP contribution in [0.1, 0.15) is 18.4 Å². The summed E-state index contributed by atoms with van der Waals surface area (Å²) >= 11 is 0. The molecule has 2 rings (SSSR count). The van der Waals surface area contributed by atoms with Gasteiger partial charge in [-0.3, -0.25) is 0 Å². The number of para-hydroxylation sites is 1. The van der Waals surface area contributed by atoms with Crippen molar-refractivity contribution in [2.45, 2.75) is 19.3 Å². The lowest BCUT2D eigenvalue weighted by Gasteiger charge is -2.12. The fourth-order valence-electron chi connectivity index (χ4n) is 1.30. The predicted octanol–water partition coefficient (Wildman–Crippen LogP) is 2.50. The van der Waals surface area contributed by atoms with E-state index in [1.165, 1.54) is 5.56 Å². The van der Waals surface area contributed by atoms with E-state index in [0.717, 1.165) is 25.0 Å². The van der Waals surface area contributed by atoms with Crippen molar-refractivity contribution >= 4 is 0 Å². The largest absolute Gasteiger partial charge is 0.337 e. The Labute approximate surface area is 72.0 Å². The Morgan fingerprint density at radius 1 is 1.17 bits per heavy atom. The Bertz CT molecular complexity index is 231. The van der Waals surface area contributed by atoms with Crippen LogP contribution in [0.5, 0.6) is 5.75 Å². The highest BCUT2D eigenvalue weighted by Gasteiger charge is 2.06. The predicted molar refractivity (Wildman–Crippen MR) is 45.4 cm³/mol. The molecule has 0 bridgehead atoms. The third-order valence-electron chi connectivity index (χ3n) is 1.95. The van der Waals surface area contributed by atoms with Gasteiger partial charge in [0.1, 0.15) is 6.61 Å². The Kier molecular flexibility index (Phi) is 2.28. The first kappa shape index (κ1) is 7.62. The molecule has 1 heterocycles. The monoisotopic (exact) mass is 163 g/mol. The Hall–Kier alpha value is -1.02. The fraction of sp³-hybridized carbons (Fsp3) is 0.300. The molecule has 0 spiro atoms. The number of fused-ring (bicyclic) bond motifs is 1. The summed E-state index contributed by atoms with van der Waals surface area (Å²) in [5.74, 6) is 0.841.